The molecule has 150 valence electrons. The molecule has 3 rings (SSSR count). The Hall–Kier alpha value is -2.47. The van der Waals surface area contributed by atoms with Crippen LogP contribution in [0.15, 0.2) is 24.3 Å². The quantitative estimate of drug-likeness (QED) is 0.728. The van der Waals surface area contributed by atoms with Gasteiger partial charge in [0.15, 0.2) is 0 Å². The Balaban J connectivity index is 2.00. The summed E-state index contributed by atoms with van der Waals surface area (Å²) < 4.78 is 10.7. The van der Waals surface area contributed by atoms with E-state index in [1.165, 1.54) is 5.56 Å². The minimum Gasteiger partial charge on any atom is -0.462 e. The van der Waals surface area contributed by atoms with Gasteiger partial charge < -0.3 is 14.8 Å². The molecule has 1 aromatic heterocycles. The van der Waals surface area contributed by atoms with Gasteiger partial charge in [-0.15, -0.1) is 0 Å². The van der Waals surface area contributed by atoms with Crippen molar-refractivity contribution in [2.75, 3.05) is 25.1 Å². The third-order valence-corrected chi connectivity index (χ3v) is 4.99. The number of carbonyl (C=O) groups excluding carboxylic acids is 1. The predicted molar refractivity (Wildman–Crippen MR) is 109 cm³/mol. The van der Waals surface area contributed by atoms with Gasteiger partial charge >= 0.3 is 5.97 Å². The maximum Gasteiger partial charge on any atom is 0.343 e. The fraction of sp³-hybridized carbons (Fsp3) is 0.500. The second kappa shape index (κ2) is 9.15. The molecule has 1 aliphatic heterocycles. The summed E-state index contributed by atoms with van der Waals surface area (Å²) in [5, 5.41) is 3.34. The molecule has 2 aromatic rings. The molecule has 1 N–H and O–H groups in total. The topological polar surface area (TPSA) is 73.3 Å². The van der Waals surface area contributed by atoms with Crippen LogP contribution in [-0.2, 0) is 9.47 Å². The number of nitrogens with one attached hydrogen (secondary N) is 1. The molecule has 6 heteroatoms. The van der Waals surface area contributed by atoms with Crippen LogP contribution < -0.4 is 5.32 Å². The average Bonchev–Trinajstić information content (AvgIpc) is 2.68. The fourth-order valence-electron chi connectivity index (χ4n) is 3.38. The normalized spacial score (nSPS) is 14.9. The number of carbonyl (C=O) groups is 1. The molecule has 0 amide bonds. The smallest absolute Gasteiger partial charge is 0.343 e. The number of anilines is 2. The van der Waals surface area contributed by atoms with Gasteiger partial charge in [0.2, 0.25) is 0 Å². The Morgan fingerprint density at radius 1 is 1.29 bits per heavy atom. The van der Waals surface area contributed by atoms with E-state index in [2.05, 4.69) is 36.3 Å². The summed E-state index contributed by atoms with van der Waals surface area (Å²) in [7, 11) is 0. The highest BCUT2D eigenvalue weighted by atomic mass is 16.5. The summed E-state index contributed by atoms with van der Waals surface area (Å²) in [5.74, 6) is 1.52. The number of hydrogen-bond donors (Lipinski definition) is 1. The van der Waals surface area contributed by atoms with Crippen molar-refractivity contribution in [2.45, 2.75) is 52.4 Å². The number of nitrogens with zero attached hydrogens (tertiary/aromatic N) is 2. The molecule has 0 bridgehead atoms. The third kappa shape index (κ3) is 4.68. The van der Waals surface area contributed by atoms with Crippen molar-refractivity contribution in [1.82, 2.24) is 9.97 Å². The summed E-state index contributed by atoms with van der Waals surface area (Å²) >= 11 is 0. The van der Waals surface area contributed by atoms with E-state index in [-0.39, 0.29) is 5.92 Å². The zero-order valence-corrected chi connectivity index (χ0v) is 17.1. The Kier molecular flexibility index (Phi) is 6.62. The first-order valence-corrected chi connectivity index (χ1v) is 10.00. The van der Waals surface area contributed by atoms with Crippen molar-refractivity contribution in [3.05, 3.63) is 46.9 Å². The molecule has 0 saturated carbocycles. The number of hydrogen-bond acceptors (Lipinski definition) is 6. The van der Waals surface area contributed by atoms with Crippen LogP contribution in [0.25, 0.3) is 0 Å². The Morgan fingerprint density at radius 2 is 2.04 bits per heavy atom. The lowest BCUT2D eigenvalue weighted by molar-refractivity contribution is 0.0525. The molecule has 1 saturated heterocycles. The van der Waals surface area contributed by atoms with Crippen LogP contribution in [0.5, 0.6) is 0 Å². The van der Waals surface area contributed by atoms with E-state index < -0.39 is 5.97 Å². The van der Waals surface area contributed by atoms with E-state index >= 15 is 0 Å². The van der Waals surface area contributed by atoms with E-state index in [1.807, 2.05) is 19.1 Å². The Bertz CT molecular complexity index is 830. The summed E-state index contributed by atoms with van der Waals surface area (Å²) in [6.45, 7) is 9.68. The minimum atomic E-state index is -0.402. The molecule has 0 spiro atoms. The second-order valence-electron chi connectivity index (χ2n) is 7.40. The van der Waals surface area contributed by atoms with Gasteiger partial charge in [0.25, 0.3) is 0 Å². The van der Waals surface area contributed by atoms with Gasteiger partial charge in [-0.05, 0) is 50.3 Å². The maximum absolute atomic E-state index is 12.6. The molecule has 2 heterocycles. The summed E-state index contributed by atoms with van der Waals surface area (Å²) in [4.78, 5) is 22.0. The SMILES string of the molecule is CCOC(=O)c1c(C)nc(C2CCOCC2)nc1Nc1cccc(C(C)C)c1. The van der Waals surface area contributed by atoms with Crippen molar-refractivity contribution in [3.8, 4) is 0 Å². The maximum atomic E-state index is 12.6. The molecule has 0 radical (unpaired) electrons. The van der Waals surface area contributed by atoms with Crippen LogP contribution in [0.4, 0.5) is 11.5 Å². The molecule has 1 aliphatic rings. The highest BCUT2D eigenvalue weighted by Crippen LogP contribution is 2.29. The van der Waals surface area contributed by atoms with Crippen molar-refractivity contribution in [2.24, 2.45) is 0 Å². The lowest BCUT2D eigenvalue weighted by Crippen LogP contribution is -2.20. The number of benzene rings is 1. The molecule has 28 heavy (non-hydrogen) atoms. The second-order valence-corrected chi connectivity index (χ2v) is 7.40. The number of aromatic nitrogens is 2. The Morgan fingerprint density at radius 3 is 2.71 bits per heavy atom. The molecular weight excluding hydrogens is 354 g/mol. The lowest BCUT2D eigenvalue weighted by atomic mass is 9.99. The molecule has 0 atom stereocenters. The highest BCUT2D eigenvalue weighted by Gasteiger charge is 2.25. The first kappa shape index (κ1) is 20.3. The lowest BCUT2D eigenvalue weighted by Gasteiger charge is -2.22. The predicted octanol–water partition coefficient (Wildman–Crippen LogP) is 4.72. The van der Waals surface area contributed by atoms with E-state index in [9.17, 15) is 4.79 Å². The first-order valence-electron chi connectivity index (χ1n) is 10.00. The van der Waals surface area contributed by atoms with Gasteiger partial charge in [-0.1, -0.05) is 26.0 Å². The molecular formula is C22H29N3O3. The third-order valence-electron chi connectivity index (χ3n) is 4.99. The standard InChI is InChI=1S/C22H29N3O3/c1-5-28-22(26)19-15(4)23-20(16-9-11-27-12-10-16)25-21(19)24-18-8-6-7-17(13-18)14(2)3/h6-8,13-14,16H,5,9-12H2,1-4H3,(H,23,24,25). The van der Waals surface area contributed by atoms with Gasteiger partial charge in [-0.25, -0.2) is 14.8 Å². The van der Waals surface area contributed by atoms with Gasteiger partial charge in [-0.3, -0.25) is 0 Å². The van der Waals surface area contributed by atoms with Crippen LogP contribution in [-0.4, -0.2) is 35.8 Å². The van der Waals surface area contributed by atoms with E-state index in [0.29, 0.717) is 42.8 Å². The molecule has 1 fully saturated rings. The summed E-state index contributed by atoms with van der Waals surface area (Å²) in [6.07, 6.45) is 1.78. The van der Waals surface area contributed by atoms with Gasteiger partial charge in [0.1, 0.15) is 17.2 Å². The van der Waals surface area contributed by atoms with Gasteiger partial charge in [0.05, 0.1) is 12.3 Å². The summed E-state index contributed by atoms with van der Waals surface area (Å²) in [6, 6.07) is 8.17. The van der Waals surface area contributed by atoms with Crippen LogP contribution in [0.3, 0.4) is 0 Å². The van der Waals surface area contributed by atoms with Crippen LogP contribution in [0.1, 0.15) is 72.9 Å². The van der Waals surface area contributed by atoms with Crippen molar-refractivity contribution >= 4 is 17.5 Å². The minimum absolute atomic E-state index is 0.242. The van der Waals surface area contributed by atoms with Gasteiger partial charge in [0, 0.05) is 24.8 Å². The van der Waals surface area contributed by atoms with Crippen molar-refractivity contribution in [1.29, 1.82) is 0 Å². The Labute approximate surface area is 166 Å². The van der Waals surface area contributed by atoms with Crippen LogP contribution in [0.2, 0.25) is 0 Å². The van der Waals surface area contributed by atoms with E-state index in [1.54, 1.807) is 6.92 Å². The molecule has 1 aromatic carbocycles. The molecule has 0 aliphatic carbocycles. The number of esters is 1. The van der Waals surface area contributed by atoms with Crippen LogP contribution in [0, 0.1) is 6.92 Å². The fourth-order valence-corrected chi connectivity index (χ4v) is 3.38. The van der Waals surface area contributed by atoms with Crippen molar-refractivity contribution in [3.63, 3.8) is 0 Å². The molecule has 0 unspecified atom stereocenters. The number of ether oxygens (including phenoxy) is 2. The first-order chi connectivity index (χ1) is 13.5. The largest absolute Gasteiger partial charge is 0.462 e. The van der Waals surface area contributed by atoms with Crippen LogP contribution >= 0.6 is 0 Å². The monoisotopic (exact) mass is 383 g/mol. The van der Waals surface area contributed by atoms with Crippen molar-refractivity contribution < 1.29 is 14.3 Å². The van der Waals surface area contributed by atoms with Gasteiger partial charge in [-0.2, -0.15) is 0 Å². The number of rotatable bonds is 6. The van der Waals surface area contributed by atoms with E-state index in [0.717, 1.165) is 24.4 Å². The zero-order valence-electron chi connectivity index (χ0n) is 17.1. The highest BCUT2D eigenvalue weighted by molar-refractivity contribution is 5.96. The summed E-state index contributed by atoms with van der Waals surface area (Å²) in [5.41, 5.74) is 3.15. The average molecular weight is 383 g/mol. The van der Waals surface area contributed by atoms with E-state index in [4.69, 9.17) is 14.5 Å². The number of aryl methyl sites for hydroxylation is 1. The zero-order chi connectivity index (χ0) is 20.1. The molecule has 6 nitrogen and oxygen atoms in total.